The van der Waals surface area contributed by atoms with Crippen LogP contribution in [-0.2, 0) is 0 Å². The summed E-state index contributed by atoms with van der Waals surface area (Å²) in [5, 5.41) is 19.2. The fourth-order valence-corrected chi connectivity index (χ4v) is 3.44. The SMILES string of the molecule is Bc1c(Cl)c(Oc2cc(C(C)C)c(=O)[nH]n2)c(Cl)c(B)c1-n1nc(C#N)c(=O)[nH]c1=O. The van der Waals surface area contributed by atoms with Gasteiger partial charge in [-0.3, -0.25) is 14.6 Å². The average molecular weight is 459 g/mol. The summed E-state index contributed by atoms with van der Waals surface area (Å²) in [6.07, 6.45) is 0. The number of hydrogen-bond donors (Lipinski definition) is 2. The molecule has 3 aromatic rings. The highest BCUT2D eigenvalue weighted by atomic mass is 35.5. The third-order valence-electron chi connectivity index (χ3n) is 4.55. The molecule has 14 heteroatoms. The number of nitrogens with zero attached hydrogens (tertiary/aromatic N) is 4. The van der Waals surface area contributed by atoms with Crippen LogP contribution in [0.3, 0.4) is 0 Å². The van der Waals surface area contributed by atoms with Crippen LogP contribution in [0.25, 0.3) is 5.69 Å². The summed E-state index contributed by atoms with van der Waals surface area (Å²) >= 11 is 13.0. The molecule has 0 aliphatic carbocycles. The van der Waals surface area contributed by atoms with Crippen LogP contribution in [0.4, 0.5) is 0 Å². The van der Waals surface area contributed by atoms with Crippen molar-refractivity contribution >= 4 is 49.8 Å². The van der Waals surface area contributed by atoms with Gasteiger partial charge < -0.3 is 4.74 Å². The lowest BCUT2D eigenvalue weighted by Crippen LogP contribution is -2.39. The lowest BCUT2D eigenvalue weighted by atomic mass is 9.84. The third kappa shape index (κ3) is 4.02. The lowest BCUT2D eigenvalue weighted by molar-refractivity contribution is 0.453. The highest BCUT2D eigenvalue weighted by Gasteiger charge is 2.23. The summed E-state index contributed by atoms with van der Waals surface area (Å²) in [4.78, 5) is 37.9. The Morgan fingerprint density at radius 2 is 1.77 bits per heavy atom. The molecule has 0 amide bonds. The van der Waals surface area contributed by atoms with Crippen LogP contribution in [0.2, 0.25) is 10.0 Å². The molecule has 0 spiro atoms. The predicted molar refractivity (Wildman–Crippen MR) is 121 cm³/mol. The Balaban J connectivity index is 2.20. The molecule has 0 fully saturated rings. The van der Waals surface area contributed by atoms with Gasteiger partial charge in [0.15, 0.2) is 5.75 Å². The topological polar surface area (TPSA) is 147 Å². The number of ether oxygens (including phenoxy) is 1. The van der Waals surface area contributed by atoms with Gasteiger partial charge in [0.1, 0.15) is 21.8 Å². The zero-order valence-corrected chi connectivity index (χ0v) is 18.3. The maximum absolute atomic E-state index is 12.3. The molecule has 10 nitrogen and oxygen atoms in total. The first-order chi connectivity index (χ1) is 14.6. The molecule has 156 valence electrons. The van der Waals surface area contributed by atoms with E-state index in [-0.39, 0.29) is 38.8 Å². The third-order valence-corrected chi connectivity index (χ3v) is 5.46. The zero-order valence-electron chi connectivity index (χ0n) is 16.8. The Bertz CT molecular complexity index is 1400. The minimum atomic E-state index is -0.902. The van der Waals surface area contributed by atoms with Crippen molar-refractivity contribution in [3.63, 3.8) is 0 Å². The van der Waals surface area contributed by atoms with E-state index in [2.05, 4.69) is 15.3 Å². The molecule has 0 bridgehead atoms. The minimum absolute atomic E-state index is 0.0584. The number of nitrogens with one attached hydrogen (secondary N) is 2. The highest BCUT2D eigenvalue weighted by Crippen LogP contribution is 2.34. The molecule has 0 atom stereocenters. The molecule has 31 heavy (non-hydrogen) atoms. The van der Waals surface area contributed by atoms with Gasteiger partial charge in [0.25, 0.3) is 11.1 Å². The standard InChI is InChI=1S/C17H14B2Cl2N6O4/c1-5(2)6-3-8(24-25-15(6)28)31-14-11(20)9(18)13(10(19)12(14)21)27-17(30)23-16(29)7(4-22)26-27/h3,5H,18-19H2,1-2H3,(H,25,28)(H,23,29,30). The van der Waals surface area contributed by atoms with Crippen molar-refractivity contribution < 1.29 is 4.74 Å². The Hall–Kier alpha value is -3.29. The van der Waals surface area contributed by atoms with E-state index in [1.807, 2.05) is 18.8 Å². The summed E-state index contributed by atoms with van der Waals surface area (Å²) in [5.74, 6) is 0.0671. The maximum atomic E-state index is 12.3. The number of aromatic nitrogens is 5. The molecule has 3 rings (SSSR count). The van der Waals surface area contributed by atoms with Crippen LogP contribution in [0.1, 0.15) is 31.0 Å². The molecule has 0 saturated heterocycles. The molecule has 0 aliphatic rings. The normalized spacial score (nSPS) is 10.8. The van der Waals surface area contributed by atoms with E-state index in [4.69, 9.17) is 33.2 Å². The van der Waals surface area contributed by atoms with Gasteiger partial charge in [0.2, 0.25) is 11.6 Å². The van der Waals surface area contributed by atoms with Gasteiger partial charge >= 0.3 is 5.69 Å². The second-order valence-corrected chi connectivity index (χ2v) is 7.69. The fraction of sp³-hybridized carbons (Fsp3) is 0.176. The molecule has 0 unspecified atom stereocenters. The first-order valence-electron chi connectivity index (χ1n) is 8.96. The van der Waals surface area contributed by atoms with E-state index < -0.39 is 16.9 Å². The minimum Gasteiger partial charge on any atom is -0.434 e. The van der Waals surface area contributed by atoms with Gasteiger partial charge in [0.05, 0.1) is 15.7 Å². The second-order valence-electron chi connectivity index (χ2n) is 6.93. The van der Waals surface area contributed by atoms with E-state index in [9.17, 15) is 14.4 Å². The van der Waals surface area contributed by atoms with Gasteiger partial charge in [0, 0.05) is 11.6 Å². The number of halogens is 2. The molecule has 0 aliphatic heterocycles. The predicted octanol–water partition coefficient (Wildman–Crippen LogP) is -1.38. The van der Waals surface area contributed by atoms with E-state index in [1.54, 1.807) is 21.8 Å². The van der Waals surface area contributed by atoms with Crippen LogP contribution in [-0.4, -0.2) is 40.7 Å². The molecule has 0 saturated carbocycles. The van der Waals surface area contributed by atoms with Crippen LogP contribution in [0.5, 0.6) is 11.6 Å². The zero-order chi connectivity index (χ0) is 23.0. The van der Waals surface area contributed by atoms with E-state index in [0.29, 0.717) is 16.5 Å². The number of H-pyrrole nitrogens is 2. The van der Waals surface area contributed by atoms with Crippen molar-refractivity contribution in [3.8, 4) is 23.4 Å². The molecular weight excluding hydrogens is 445 g/mol. The number of hydrogen-bond acceptors (Lipinski definition) is 7. The first-order valence-corrected chi connectivity index (χ1v) is 9.72. The number of aromatic amines is 2. The largest absolute Gasteiger partial charge is 0.434 e. The quantitative estimate of drug-likeness (QED) is 0.458. The summed E-state index contributed by atoms with van der Waals surface area (Å²) in [6.45, 7) is 3.70. The van der Waals surface area contributed by atoms with Crippen LogP contribution in [0.15, 0.2) is 20.4 Å². The molecule has 1 aromatic carbocycles. The Labute approximate surface area is 186 Å². The van der Waals surface area contributed by atoms with Crippen LogP contribution in [0, 0.1) is 11.3 Å². The van der Waals surface area contributed by atoms with Crippen molar-refractivity contribution in [2.45, 2.75) is 19.8 Å². The smallest absolute Gasteiger partial charge is 0.349 e. The van der Waals surface area contributed by atoms with Crippen molar-refractivity contribution in [3.05, 3.63) is 58.6 Å². The highest BCUT2D eigenvalue weighted by molar-refractivity contribution is 6.55. The van der Waals surface area contributed by atoms with E-state index >= 15 is 0 Å². The molecule has 2 N–H and O–H groups in total. The Kier molecular flexibility index (Phi) is 6.10. The fourth-order valence-electron chi connectivity index (χ4n) is 2.95. The van der Waals surface area contributed by atoms with Crippen molar-refractivity contribution in [1.29, 1.82) is 5.26 Å². The lowest BCUT2D eigenvalue weighted by Gasteiger charge is -2.19. The van der Waals surface area contributed by atoms with Gasteiger partial charge in [-0.1, -0.05) is 37.0 Å². The Morgan fingerprint density at radius 1 is 1.16 bits per heavy atom. The van der Waals surface area contributed by atoms with E-state index in [0.717, 1.165) is 4.68 Å². The summed E-state index contributed by atoms with van der Waals surface area (Å²) in [5.41, 5.74) is -1.21. The van der Waals surface area contributed by atoms with Crippen LogP contribution >= 0.6 is 23.2 Å². The summed E-state index contributed by atoms with van der Waals surface area (Å²) < 4.78 is 6.62. The molecule has 2 heterocycles. The van der Waals surface area contributed by atoms with Crippen molar-refractivity contribution in [1.82, 2.24) is 25.0 Å². The summed E-state index contributed by atoms with van der Waals surface area (Å²) in [6, 6.07) is 3.11. The maximum Gasteiger partial charge on any atom is 0.349 e. The Morgan fingerprint density at radius 3 is 2.32 bits per heavy atom. The van der Waals surface area contributed by atoms with Gasteiger partial charge in [-0.25, -0.2) is 9.89 Å². The second kappa shape index (κ2) is 8.45. The van der Waals surface area contributed by atoms with Gasteiger partial charge in [-0.2, -0.15) is 9.94 Å². The number of rotatable bonds is 4. The van der Waals surface area contributed by atoms with Gasteiger partial charge in [-0.05, 0) is 16.8 Å². The number of benzene rings is 1. The number of nitriles is 1. The monoisotopic (exact) mass is 458 g/mol. The molecule has 0 radical (unpaired) electrons. The molecule has 2 aromatic heterocycles. The van der Waals surface area contributed by atoms with Crippen molar-refractivity contribution in [2.24, 2.45) is 0 Å². The average Bonchev–Trinajstić information content (AvgIpc) is 2.72. The molecular formula is C17H14B2Cl2N6O4. The first kappa shape index (κ1) is 22.4. The van der Waals surface area contributed by atoms with Gasteiger partial charge in [-0.15, -0.1) is 10.2 Å². The van der Waals surface area contributed by atoms with Crippen molar-refractivity contribution in [2.75, 3.05) is 0 Å². The summed E-state index contributed by atoms with van der Waals surface area (Å²) in [7, 11) is 3.19. The van der Waals surface area contributed by atoms with Crippen LogP contribution < -0.4 is 32.5 Å². The van der Waals surface area contributed by atoms with E-state index in [1.165, 1.54) is 6.07 Å².